The van der Waals surface area contributed by atoms with Crippen molar-refractivity contribution in [3.05, 3.63) is 18.3 Å². The number of hydrogen-bond donors (Lipinski definition) is 2. The molecule has 1 aromatic rings. The molecule has 1 aromatic heterocycles. The highest BCUT2D eigenvalue weighted by molar-refractivity contribution is 7.89. The summed E-state index contributed by atoms with van der Waals surface area (Å²) in [5.74, 6) is 5.87. The Kier molecular flexibility index (Phi) is 3.56. The third-order valence-electron chi connectivity index (χ3n) is 3.22. The first-order chi connectivity index (χ1) is 8.46. The Labute approximate surface area is 107 Å². The summed E-state index contributed by atoms with van der Waals surface area (Å²) in [5, 5.41) is 0. The second kappa shape index (κ2) is 4.83. The molecule has 0 amide bonds. The molecule has 1 aliphatic rings. The van der Waals surface area contributed by atoms with E-state index in [4.69, 9.17) is 5.84 Å². The molecule has 1 aliphatic heterocycles. The summed E-state index contributed by atoms with van der Waals surface area (Å²) < 4.78 is 26.6. The molecule has 3 N–H and O–H groups in total. The lowest BCUT2D eigenvalue weighted by Gasteiger charge is -2.21. The molecule has 100 valence electrons. The zero-order valence-electron chi connectivity index (χ0n) is 10.5. The molecule has 2 heterocycles. The van der Waals surface area contributed by atoms with Crippen LogP contribution in [-0.2, 0) is 10.0 Å². The fourth-order valence-electron chi connectivity index (χ4n) is 2.43. The minimum atomic E-state index is -3.54. The lowest BCUT2D eigenvalue weighted by Crippen LogP contribution is -2.34. The molecular weight excluding hydrogens is 252 g/mol. The van der Waals surface area contributed by atoms with Crippen LogP contribution in [0.5, 0.6) is 0 Å². The molecule has 0 aliphatic carbocycles. The topological polar surface area (TPSA) is 88.3 Å². The van der Waals surface area contributed by atoms with Gasteiger partial charge in [0.25, 0.3) is 0 Å². The van der Waals surface area contributed by atoms with Crippen molar-refractivity contribution in [2.24, 2.45) is 11.8 Å². The molecule has 0 aromatic carbocycles. The van der Waals surface area contributed by atoms with Crippen LogP contribution in [0.15, 0.2) is 23.2 Å². The van der Waals surface area contributed by atoms with Gasteiger partial charge in [0.15, 0.2) is 5.82 Å². The molecule has 2 atom stereocenters. The number of hydrazine groups is 1. The summed E-state index contributed by atoms with van der Waals surface area (Å²) in [4.78, 5) is 4.07. The summed E-state index contributed by atoms with van der Waals surface area (Å²) in [6, 6.07) is 3.13. The van der Waals surface area contributed by atoms with Gasteiger partial charge in [0.2, 0.25) is 10.0 Å². The molecule has 2 rings (SSSR count). The number of nitrogen functional groups attached to an aromatic ring is 1. The number of hydrogen-bond acceptors (Lipinski definition) is 5. The van der Waals surface area contributed by atoms with Gasteiger partial charge in [-0.25, -0.2) is 19.2 Å². The average Bonchev–Trinajstić information content (AvgIpc) is 2.69. The Morgan fingerprint density at radius 3 is 2.78 bits per heavy atom. The number of nitrogens with two attached hydrogens (primary N) is 1. The summed E-state index contributed by atoms with van der Waals surface area (Å²) in [5.41, 5.74) is 2.33. The predicted molar refractivity (Wildman–Crippen MR) is 69.2 cm³/mol. The lowest BCUT2D eigenvalue weighted by atomic mass is 10.1. The number of anilines is 1. The monoisotopic (exact) mass is 270 g/mol. The summed E-state index contributed by atoms with van der Waals surface area (Å²) >= 11 is 0. The number of nitrogens with one attached hydrogen (secondary N) is 1. The van der Waals surface area contributed by atoms with E-state index >= 15 is 0 Å². The predicted octanol–water partition coefficient (Wildman–Crippen LogP) is 0.786. The van der Waals surface area contributed by atoms with Crippen LogP contribution < -0.4 is 11.3 Å². The fourth-order valence-corrected chi connectivity index (χ4v) is 4.30. The molecule has 7 heteroatoms. The van der Waals surface area contributed by atoms with Crippen molar-refractivity contribution in [2.45, 2.75) is 31.2 Å². The zero-order valence-corrected chi connectivity index (χ0v) is 11.3. The van der Waals surface area contributed by atoms with Gasteiger partial charge >= 0.3 is 0 Å². The number of rotatable bonds is 3. The maximum Gasteiger partial charge on any atom is 0.247 e. The zero-order chi connectivity index (χ0) is 13.3. The highest BCUT2D eigenvalue weighted by Gasteiger charge is 2.37. The SMILES string of the molecule is CC1CC(C)N(S(=O)(=O)c2cccnc2NN)C1. The second-order valence-corrected chi connectivity index (χ2v) is 6.62. The van der Waals surface area contributed by atoms with E-state index in [0.29, 0.717) is 12.5 Å². The van der Waals surface area contributed by atoms with Crippen LogP contribution in [-0.4, -0.2) is 30.3 Å². The van der Waals surface area contributed by atoms with E-state index in [1.807, 2.05) is 6.92 Å². The van der Waals surface area contributed by atoms with Crippen molar-refractivity contribution < 1.29 is 8.42 Å². The number of aromatic nitrogens is 1. The van der Waals surface area contributed by atoms with E-state index in [1.165, 1.54) is 16.6 Å². The van der Waals surface area contributed by atoms with Gasteiger partial charge < -0.3 is 5.43 Å². The largest absolute Gasteiger partial charge is 0.307 e. The van der Waals surface area contributed by atoms with Crippen LogP contribution in [0.3, 0.4) is 0 Å². The quantitative estimate of drug-likeness (QED) is 0.626. The first kappa shape index (κ1) is 13.3. The van der Waals surface area contributed by atoms with E-state index in [9.17, 15) is 8.42 Å². The average molecular weight is 270 g/mol. The van der Waals surface area contributed by atoms with Crippen molar-refractivity contribution in [1.82, 2.24) is 9.29 Å². The van der Waals surface area contributed by atoms with Gasteiger partial charge in [-0.2, -0.15) is 4.31 Å². The van der Waals surface area contributed by atoms with E-state index in [2.05, 4.69) is 17.3 Å². The van der Waals surface area contributed by atoms with Crippen LogP contribution in [0, 0.1) is 5.92 Å². The molecule has 1 fully saturated rings. The van der Waals surface area contributed by atoms with E-state index in [0.717, 1.165) is 6.42 Å². The highest BCUT2D eigenvalue weighted by atomic mass is 32.2. The first-order valence-electron chi connectivity index (χ1n) is 5.90. The lowest BCUT2D eigenvalue weighted by molar-refractivity contribution is 0.405. The molecule has 0 bridgehead atoms. The van der Waals surface area contributed by atoms with Gasteiger partial charge in [-0.15, -0.1) is 0 Å². The third-order valence-corrected chi connectivity index (χ3v) is 5.23. The molecule has 0 radical (unpaired) electrons. The Hall–Kier alpha value is -1.18. The first-order valence-corrected chi connectivity index (χ1v) is 7.34. The Balaban J connectivity index is 2.42. The highest BCUT2D eigenvalue weighted by Crippen LogP contribution is 2.30. The maximum absolute atomic E-state index is 12.6. The molecule has 6 nitrogen and oxygen atoms in total. The van der Waals surface area contributed by atoms with Crippen molar-refractivity contribution >= 4 is 15.8 Å². The Bertz CT molecular complexity index is 532. The fraction of sp³-hybridized carbons (Fsp3) is 0.545. The number of nitrogens with zero attached hydrogens (tertiary/aromatic N) is 2. The summed E-state index contributed by atoms with van der Waals surface area (Å²) in [6.45, 7) is 4.52. The van der Waals surface area contributed by atoms with Crippen LogP contribution in [0.1, 0.15) is 20.3 Å². The van der Waals surface area contributed by atoms with Gasteiger partial charge in [-0.3, -0.25) is 0 Å². The van der Waals surface area contributed by atoms with Gasteiger partial charge in [0.05, 0.1) is 0 Å². The van der Waals surface area contributed by atoms with E-state index < -0.39 is 10.0 Å². The van der Waals surface area contributed by atoms with Crippen molar-refractivity contribution in [3.8, 4) is 0 Å². The van der Waals surface area contributed by atoms with E-state index in [1.54, 1.807) is 6.07 Å². The normalized spacial score (nSPS) is 25.3. The molecule has 2 unspecified atom stereocenters. The van der Waals surface area contributed by atoms with Gasteiger partial charge in [0, 0.05) is 18.8 Å². The maximum atomic E-state index is 12.6. The van der Waals surface area contributed by atoms with Crippen LogP contribution in [0.2, 0.25) is 0 Å². The minimum Gasteiger partial charge on any atom is -0.307 e. The summed E-state index contributed by atoms with van der Waals surface area (Å²) in [6.07, 6.45) is 2.38. The number of pyridine rings is 1. The molecule has 1 saturated heterocycles. The Morgan fingerprint density at radius 2 is 2.22 bits per heavy atom. The van der Waals surface area contributed by atoms with E-state index in [-0.39, 0.29) is 16.8 Å². The Morgan fingerprint density at radius 1 is 1.50 bits per heavy atom. The van der Waals surface area contributed by atoms with Crippen molar-refractivity contribution in [1.29, 1.82) is 0 Å². The van der Waals surface area contributed by atoms with Gasteiger partial charge in [-0.05, 0) is 31.4 Å². The molecule has 18 heavy (non-hydrogen) atoms. The van der Waals surface area contributed by atoms with Crippen LogP contribution in [0.25, 0.3) is 0 Å². The van der Waals surface area contributed by atoms with Gasteiger partial charge in [0.1, 0.15) is 4.90 Å². The number of sulfonamides is 1. The molecule has 0 saturated carbocycles. The standard InChI is InChI=1S/C11H18N4O2S/c1-8-6-9(2)15(7-8)18(16,17)10-4-3-5-13-11(10)14-12/h3-5,8-9H,6-7,12H2,1-2H3,(H,13,14). The van der Waals surface area contributed by atoms with Crippen LogP contribution in [0.4, 0.5) is 5.82 Å². The van der Waals surface area contributed by atoms with Crippen molar-refractivity contribution in [2.75, 3.05) is 12.0 Å². The molecular formula is C11H18N4O2S. The van der Waals surface area contributed by atoms with Crippen molar-refractivity contribution in [3.63, 3.8) is 0 Å². The summed E-state index contributed by atoms with van der Waals surface area (Å²) in [7, 11) is -3.54. The van der Waals surface area contributed by atoms with Crippen LogP contribution >= 0.6 is 0 Å². The smallest absolute Gasteiger partial charge is 0.247 e. The molecule has 0 spiro atoms. The third kappa shape index (κ3) is 2.21. The second-order valence-electron chi connectivity index (χ2n) is 4.76. The minimum absolute atomic E-state index is 0.0100. The van der Waals surface area contributed by atoms with Gasteiger partial charge in [-0.1, -0.05) is 6.92 Å².